The van der Waals surface area contributed by atoms with Crippen LogP contribution in [0.15, 0.2) is 23.6 Å². The van der Waals surface area contributed by atoms with E-state index in [2.05, 4.69) is 10.3 Å². The molecule has 0 bridgehead atoms. The normalized spacial score (nSPS) is 14.5. The summed E-state index contributed by atoms with van der Waals surface area (Å²) in [6, 6.07) is 5.53. The molecule has 0 radical (unpaired) electrons. The molecule has 3 rings (SSSR count). The number of rotatable bonds is 8. The molecule has 2 aromatic rings. The second-order valence-electron chi connectivity index (χ2n) is 6.25. The number of benzene rings is 1. The number of hydrogen-bond acceptors (Lipinski definition) is 6. The molecular weight excluding hydrogens is 356 g/mol. The number of amides is 1. The zero-order valence-corrected chi connectivity index (χ0v) is 15.4. The summed E-state index contributed by atoms with van der Waals surface area (Å²) < 4.78 is 10.5. The van der Waals surface area contributed by atoms with Crippen LogP contribution in [0.2, 0.25) is 0 Å². The van der Waals surface area contributed by atoms with E-state index in [1.54, 1.807) is 14.2 Å². The Morgan fingerprint density at radius 1 is 1.27 bits per heavy atom. The summed E-state index contributed by atoms with van der Waals surface area (Å²) in [5, 5.41) is 14.4. The average Bonchev–Trinajstić information content (AvgIpc) is 3.31. The fourth-order valence-electron chi connectivity index (χ4n) is 2.60. The number of ether oxygens (including phenoxy) is 2. The number of nitrogens with zero attached hydrogens (tertiary/aromatic N) is 1. The van der Waals surface area contributed by atoms with Gasteiger partial charge in [0.2, 0.25) is 5.91 Å². The van der Waals surface area contributed by atoms with Crippen molar-refractivity contribution >= 4 is 23.2 Å². The molecule has 1 heterocycles. The van der Waals surface area contributed by atoms with Crippen LogP contribution in [-0.4, -0.2) is 42.7 Å². The van der Waals surface area contributed by atoms with Crippen molar-refractivity contribution in [2.45, 2.75) is 19.3 Å². The molecule has 1 fully saturated rings. The molecule has 1 amide bonds. The number of nitrogens with one attached hydrogen (secondary N) is 1. The zero-order chi connectivity index (χ0) is 18.7. The number of aliphatic carboxylic acids is 1. The molecule has 0 spiro atoms. The van der Waals surface area contributed by atoms with Crippen molar-refractivity contribution in [3.05, 3.63) is 29.3 Å². The first-order valence-electron chi connectivity index (χ1n) is 8.14. The Hall–Kier alpha value is -2.61. The Balaban J connectivity index is 1.63. The number of carboxylic acid groups (broad SMARTS) is 1. The highest BCUT2D eigenvalue weighted by Gasteiger charge is 2.50. The van der Waals surface area contributed by atoms with Crippen molar-refractivity contribution in [2.75, 3.05) is 20.8 Å². The maximum atomic E-state index is 12.1. The standard InChI is InChI=1S/C18H20N2O5S/c1-24-13-4-3-11(7-14(13)25-2)16-20-12(9-26-16)8-15(21)19-10-18(5-6-18)17(22)23/h3-4,7,9H,5-6,8,10H2,1-2H3,(H,19,21)(H,22,23). The molecule has 1 aromatic heterocycles. The molecule has 0 unspecified atom stereocenters. The Bertz CT molecular complexity index is 829. The fraction of sp³-hybridized carbons (Fsp3) is 0.389. The van der Waals surface area contributed by atoms with Crippen LogP contribution in [0.3, 0.4) is 0 Å². The lowest BCUT2D eigenvalue weighted by molar-refractivity contribution is -0.143. The van der Waals surface area contributed by atoms with Gasteiger partial charge in [0, 0.05) is 17.5 Å². The zero-order valence-electron chi connectivity index (χ0n) is 14.6. The number of carbonyl (C=O) groups excluding carboxylic acids is 1. The van der Waals surface area contributed by atoms with Crippen LogP contribution in [0.4, 0.5) is 0 Å². The Labute approximate surface area is 155 Å². The highest BCUT2D eigenvalue weighted by Crippen LogP contribution is 2.45. The SMILES string of the molecule is COc1ccc(-c2nc(CC(=O)NCC3(C(=O)O)CC3)cs2)cc1OC. The molecule has 1 aliphatic carbocycles. The molecule has 1 saturated carbocycles. The van der Waals surface area contributed by atoms with Crippen LogP contribution in [0.1, 0.15) is 18.5 Å². The van der Waals surface area contributed by atoms with E-state index in [1.807, 2.05) is 23.6 Å². The van der Waals surface area contributed by atoms with Crippen LogP contribution in [0.25, 0.3) is 10.6 Å². The van der Waals surface area contributed by atoms with Gasteiger partial charge in [0.05, 0.1) is 31.7 Å². The molecule has 0 atom stereocenters. The second kappa shape index (κ2) is 7.33. The van der Waals surface area contributed by atoms with E-state index in [1.165, 1.54) is 11.3 Å². The van der Waals surface area contributed by atoms with E-state index < -0.39 is 11.4 Å². The van der Waals surface area contributed by atoms with Crippen LogP contribution in [0.5, 0.6) is 11.5 Å². The van der Waals surface area contributed by atoms with Crippen LogP contribution < -0.4 is 14.8 Å². The van der Waals surface area contributed by atoms with Gasteiger partial charge in [0.15, 0.2) is 11.5 Å². The third-order valence-corrected chi connectivity index (χ3v) is 5.40. The topological polar surface area (TPSA) is 97.8 Å². The predicted molar refractivity (Wildman–Crippen MR) is 96.7 cm³/mol. The quantitative estimate of drug-likeness (QED) is 0.734. The van der Waals surface area contributed by atoms with E-state index in [0.717, 1.165) is 10.6 Å². The van der Waals surface area contributed by atoms with E-state index in [9.17, 15) is 9.59 Å². The monoisotopic (exact) mass is 376 g/mol. The Morgan fingerprint density at radius 3 is 2.62 bits per heavy atom. The van der Waals surface area contributed by atoms with Crippen LogP contribution in [-0.2, 0) is 16.0 Å². The first-order valence-corrected chi connectivity index (χ1v) is 9.02. The van der Waals surface area contributed by atoms with E-state index in [0.29, 0.717) is 30.0 Å². The highest BCUT2D eigenvalue weighted by molar-refractivity contribution is 7.13. The molecule has 138 valence electrons. The lowest BCUT2D eigenvalue weighted by Crippen LogP contribution is -2.35. The number of carboxylic acids is 1. The van der Waals surface area contributed by atoms with E-state index >= 15 is 0 Å². The summed E-state index contributed by atoms with van der Waals surface area (Å²) in [6.45, 7) is 0.174. The molecule has 0 aliphatic heterocycles. The number of carbonyl (C=O) groups is 2. The fourth-order valence-corrected chi connectivity index (χ4v) is 3.42. The van der Waals surface area contributed by atoms with Gasteiger partial charge in [-0.1, -0.05) is 0 Å². The number of thiazole rings is 1. The highest BCUT2D eigenvalue weighted by atomic mass is 32.1. The van der Waals surface area contributed by atoms with Gasteiger partial charge >= 0.3 is 5.97 Å². The Morgan fingerprint density at radius 2 is 2.00 bits per heavy atom. The lowest BCUT2D eigenvalue weighted by atomic mass is 10.1. The molecule has 8 heteroatoms. The van der Waals surface area contributed by atoms with Crippen molar-refractivity contribution in [1.82, 2.24) is 10.3 Å². The third kappa shape index (κ3) is 3.80. The van der Waals surface area contributed by atoms with Crippen molar-refractivity contribution in [2.24, 2.45) is 5.41 Å². The summed E-state index contributed by atoms with van der Waals surface area (Å²) in [6.07, 6.45) is 1.35. The second-order valence-corrected chi connectivity index (χ2v) is 7.11. The Kier molecular flexibility index (Phi) is 5.13. The first kappa shape index (κ1) is 18.2. The summed E-state index contributed by atoms with van der Waals surface area (Å²) in [5.41, 5.74) is 0.766. The minimum atomic E-state index is -0.845. The van der Waals surface area contributed by atoms with Crippen LogP contribution >= 0.6 is 11.3 Å². The number of hydrogen-bond donors (Lipinski definition) is 2. The molecule has 1 aromatic carbocycles. The van der Waals surface area contributed by atoms with Gasteiger partial charge in [-0.05, 0) is 31.0 Å². The van der Waals surface area contributed by atoms with E-state index in [-0.39, 0.29) is 18.9 Å². The van der Waals surface area contributed by atoms with Crippen molar-refractivity contribution < 1.29 is 24.2 Å². The molecule has 7 nitrogen and oxygen atoms in total. The predicted octanol–water partition coefficient (Wildman–Crippen LogP) is 2.35. The maximum absolute atomic E-state index is 12.1. The van der Waals surface area contributed by atoms with Gasteiger partial charge in [-0.3, -0.25) is 9.59 Å². The van der Waals surface area contributed by atoms with Gasteiger partial charge in [-0.15, -0.1) is 11.3 Å². The summed E-state index contributed by atoms with van der Waals surface area (Å²) in [7, 11) is 3.15. The maximum Gasteiger partial charge on any atom is 0.311 e. The van der Waals surface area contributed by atoms with Crippen LogP contribution in [0, 0.1) is 5.41 Å². The van der Waals surface area contributed by atoms with Gasteiger partial charge in [-0.2, -0.15) is 0 Å². The van der Waals surface area contributed by atoms with E-state index in [4.69, 9.17) is 14.6 Å². The molecule has 0 saturated heterocycles. The smallest absolute Gasteiger partial charge is 0.311 e. The molecular formula is C18H20N2O5S. The van der Waals surface area contributed by atoms with Gasteiger partial charge in [-0.25, -0.2) is 4.98 Å². The average molecular weight is 376 g/mol. The summed E-state index contributed by atoms with van der Waals surface area (Å²) >= 11 is 1.44. The first-order chi connectivity index (χ1) is 12.5. The van der Waals surface area contributed by atoms with Crippen molar-refractivity contribution in [3.63, 3.8) is 0 Å². The largest absolute Gasteiger partial charge is 0.493 e. The van der Waals surface area contributed by atoms with Gasteiger partial charge < -0.3 is 19.9 Å². The van der Waals surface area contributed by atoms with Crippen molar-refractivity contribution in [3.8, 4) is 22.1 Å². The third-order valence-electron chi connectivity index (χ3n) is 4.46. The number of aromatic nitrogens is 1. The minimum Gasteiger partial charge on any atom is -0.493 e. The molecule has 2 N–H and O–H groups in total. The molecule has 1 aliphatic rings. The molecule has 26 heavy (non-hydrogen) atoms. The summed E-state index contributed by atoms with van der Waals surface area (Å²) in [4.78, 5) is 27.7. The summed E-state index contributed by atoms with van der Waals surface area (Å²) in [5.74, 6) is 0.187. The minimum absolute atomic E-state index is 0.124. The lowest BCUT2D eigenvalue weighted by Gasteiger charge is -2.10. The van der Waals surface area contributed by atoms with Gasteiger partial charge in [0.1, 0.15) is 5.01 Å². The van der Waals surface area contributed by atoms with Crippen molar-refractivity contribution in [1.29, 1.82) is 0 Å². The van der Waals surface area contributed by atoms with Gasteiger partial charge in [0.25, 0.3) is 0 Å². The number of methoxy groups -OCH3 is 2.